The van der Waals surface area contributed by atoms with Crippen LogP contribution in [0.2, 0.25) is 0 Å². The first-order valence-electron chi connectivity index (χ1n) is 5.68. The molecule has 0 amide bonds. The number of hydrogen-bond donors (Lipinski definition) is 1. The Kier molecular flexibility index (Phi) is 4.06. The predicted octanol–water partition coefficient (Wildman–Crippen LogP) is 1.01. The zero-order valence-electron chi connectivity index (χ0n) is 10.4. The van der Waals surface area contributed by atoms with Gasteiger partial charge in [0.15, 0.2) is 5.16 Å². The smallest absolute Gasteiger partial charge is 0.219 e. The van der Waals surface area contributed by atoms with E-state index in [0.29, 0.717) is 11.9 Å². The molecule has 2 heterocycles. The first-order chi connectivity index (χ1) is 8.22. The molecule has 1 saturated heterocycles. The highest BCUT2D eigenvalue weighted by atomic mass is 32.2. The molecule has 1 fully saturated rings. The molecule has 1 aliphatic heterocycles. The van der Waals surface area contributed by atoms with Gasteiger partial charge < -0.3 is 15.0 Å². The molecule has 0 spiro atoms. The molecule has 0 saturated carbocycles. The molecule has 0 aliphatic carbocycles. The second-order valence-electron chi connectivity index (χ2n) is 4.06. The maximum absolute atomic E-state index is 5.21. The van der Waals surface area contributed by atoms with Gasteiger partial charge in [-0.05, 0) is 13.2 Å². The number of aromatic nitrogens is 2. The number of anilines is 1. The van der Waals surface area contributed by atoms with E-state index in [2.05, 4.69) is 27.1 Å². The summed E-state index contributed by atoms with van der Waals surface area (Å²) >= 11 is 1.53. The van der Waals surface area contributed by atoms with Gasteiger partial charge in [0, 0.05) is 31.7 Å². The van der Waals surface area contributed by atoms with Crippen molar-refractivity contribution in [3.8, 4) is 5.88 Å². The van der Waals surface area contributed by atoms with E-state index in [1.165, 1.54) is 11.8 Å². The van der Waals surface area contributed by atoms with Crippen LogP contribution in [0.1, 0.15) is 6.92 Å². The largest absolute Gasteiger partial charge is 0.481 e. The first-order valence-corrected chi connectivity index (χ1v) is 6.91. The van der Waals surface area contributed by atoms with Crippen LogP contribution in [0, 0.1) is 0 Å². The predicted molar refractivity (Wildman–Crippen MR) is 70.0 cm³/mol. The maximum Gasteiger partial charge on any atom is 0.219 e. The highest BCUT2D eigenvalue weighted by Crippen LogP contribution is 2.22. The van der Waals surface area contributed by atoms with Crippen molar-refractivity contribution < 1.29 is 4.74 Å². The van der Waals surface area contributed by atoms with Crippen LogP contribution in [-0.2, 0) is 0 Å². The van der Waals surface area contributed by atoms with Gasteiger partial charge in [-0.3, -0.25) is 0 Å². The summed E-state index contributed by atoms with van der Waals surface area (Å²) in [6.07, 6.45) is 1.97. The fourth-order valence-electron chi connectivity index (χ4n) is 1.89. The maximum atomic E-state index is 5.21. The Morgan fingerprint density at radius 1 is 1.53 bits per heavy atom. The summed E-state index contributed by atoms with van der Waals surface area (Å²) in [5.74, 6) is 1.58. The average molecular weight is 254 g/mol. The number of methoxy groups -OCH3 is 1. The second-order valence-corrected chi connectivity index (χ2v) is 4.83. The molecule has 5 nitrogen and oxygen atoms in total. The van der Waals surface area contributed by atoms with Crippen molar-refractivity contribution >= 4 is 17.6 Å². The Hall–Kier alpha value is -1.01. The lowest BCUT2D eigenvalue weighted by Gasteiger charge is -2.32. The van der Waals surface area contributed by atoms with Gasteiger partial charge in [-0.2, -0.15) is 4.98 Å². The quantitative estimate of drug-likeness (QED) is 0.641. The van der Waals surface area contributed by atoms with Gasteiger partial charge in [-0.1, -0.05) is 11.8 Å². The molecule has 6 heteroatoms. The lowest BCUT2D eigenvalue weighted by molar-refractivity contribution is 0.391. The Bertz CT molecular complexity index is 365. The van der Waals surface area contributed by atoms with Crippen LogP contribution in [-0.4, -0.2) is 49.0 Å². The molecule has 2 rings (SSSR count). The minimum absolute atomic E-state index is 0.488. The van der Waals surface area contributed by atoms with Crippen LogP contribution in [0.4, 0.5) is 5.82 Å². The van der Waals surface area contributed by atoms with Gasteiger partial charge in [0.2, 0.25) is 5.88 Å². The average Bonchev–Trinajstić information content (AvgIpc) is 2.38. The number of piperazine rings is 1. The second kappa shape index (κ2) is 5.55. The van der Waals surface area contributed by atoms with Crippen molar-refractivity contribution in [3.05, 3.63) is 6.07 Å². The van der Waals surface area contributed by atoms with Crippen LogP contribution in [0.3, 0.4) is 0 Å². The monoisotopic (exact) mass is 254 g/mol. The van der Waals surface area contributed by atoms with E-state index in [9.17, 15) is 0 Å². The van der Waals surface area contributed by atoms with E-state index in [4.69, 9.17) is 4.74 Å². The molecule has 1 aliphatic rings. The third-order valence-electron chi connectivity index (χ3n) is 2.75. The van der Waals surface area contributed by atoms with Gasteiger partial charge >= 0.3 is 0 Å². The molecule has 1 N–H and O–H groups in total. The van der Waals surface area contributed by atoms with Gasteiger partial charge in [0.1, 0.15) is 5.82 Å². The fraction of sp³-hybridized carbons (Fsp3) is 0.636. The Labute approximate surface area is 106 Å². The lowest BCUT2D eigenvalue weighted by atomic mass is 10.2. The van der Waals surface area contributed by atoms with E-state index in [0.717, 1.165) is 30.6 Å². The molecular formula is C11H18N4OS. The number of nitrogens with one attached hydrogen (secondary N) is 1. The molecule has 1 aromatic rings. The van der Waals surface area contributed by atoms with Crippen LogP contribution in [0.25, 0.3) is 0 Å². The summed E-state index contributed by atoms with van der Waals surface area (Å²) in [5, 5.41) is 4.17. The number of rotatable bonds is 3. The lowest BCUT2D eigenvalue weighted by Crippen LogP contribution is -2.49. The van der Waals surface area contributed by atoms with Crippen LogP contribution in [0.5, 0.6) is 5.88 Å². The van der Waals surface area contributed by atoms with E-state index in [1.54, 1.807) is 7.11 Å². The van der Waals surface area contributed by atoms with Crippen LogP contribution in [0.15, 0.2) is 11.2 Å². The zero-order valence-corrected chi connectivity index (χ0v) is 11.3. The van der Waals surface area contributed by atoms with Crippen LogP contribution >= 0.6 is 11.8 Å². The third kappa shape index (κ3) is 3.01. The summed E-state index contributed by atoms with van der Waals surface area (Å²) in [5.41, 5.74) is 0. The summed E-state index contributed by atoms with van der Waals surface area (Å²) in [7, 11) is 1.64. The topological polar surface area (TPSA) is 50.3 Å². The molecule has 0 bridgehead atoms. The van der Waals surface area contributed by atoms with E-state index in [1.807, 2.05) is 12.3 Å². The van der Waals surface area contributed by atoms with Crippen molar-refractivity contribution in [3.63, 3.8) is 0 Å². The molecule has 0 aromatic carbocycles. The molecular weight excluding hydrogens is 236 g/mol. The fourth-order valence-corrected chi connectivity index (χ4v) is 2.26. The molecule has 17 heavy (non-hydrogen) atoms. The summed E-state index contributed by atoms with van der Waals surface area (Å²) in [6, 6.07) is 2.39. The third-order valence-corrected chi connectivity index (χ3v) is 3.30. The molecule has 1 aromatic heterocycles. The highest BCUT2D eigenvalue weighted by Gasteiger charge is 2.18. The van der Waals surface area contributed by atoms with E-state index < -0.39 is 0 Å². The minimum atomic E-state index is 0.488. The summed E-state index contributed by atoms with van der Waals surface area (Å²) < 4.78 is 5.21. The van der Waals surface area contributed by atoms with Gasteiger partial charge in [-0.25, -0.2) is 4.98 Å². The van der Waals surface area contributed by atoms with Crippen molar-refractivity contribution in [2.75, 3.05) is 37.9 Å². The Morgan fingerprint density at radius 3 is 3.00 bits per heavy atom. The van der Waals surface area contributed by atoms with Crippen molar-refractivity contribution in [1.29, 1.82) is 0 Å². The number of ether oxygens (including phenoxy) is 1. The van der Waals surface area contributed by atoms with E-state index in [-0.39, 0.29) is 0 Å². The molecule has 1 atom stereocenters. The van der Waals surface area contributed by atoms with Gasteiger partial charge in [-0.15, -0.1) is 0 Å². The van der Waals surface area contributed by atoms with Crippen molar-refractivity contribution in [1.82, 2.24) is 15.3 Å². The number of thioether (sulfide) groups is 1. The van der Waals surface area contributed by atoms with E-state index >= 15 is 0 Å². The summed E-state index contributed by atoms with van der Waals surface area (Å²) in [4.78, 5) is 11.1. The van der Waals surface area contributed by atoms with Crippen molar-refractivity contribution in [2.45, 2.75) is 18.1 Å². The van der Waals surface area contributed by atoms with Gasteiger partial charge in [0.05, 0.1) is 7.11 Å². The molecule has 94 valence electrons. The molecule has 0 radical (unpaired) electrons. The number of hydrogen-bond acceptors (Lipinski definition) is 6. The standard InChI is InChI=1S/C11H18N4OS/c1-8-7-15(5-4-12-8)9-6-10(16-2)14-11(13-9)17-3/h6,8,12H,4-5,7H2,1-3H3/t8-/m1/s1. The summed E-state index contributed by atoms with van der Waals surface area (Å²) in [6.45, 7) is 5.11. The number of nitrogens with zero attached hydrogens (tertiary/aromatic N) is 3. The zero-order chi connectivity index (χ0) is 12.3. The molecule has 0 unspecified atom stereocenters. The Balaban J connectivity index is 2.23. The Morgan fingerprint density at radius 2 is 2.35 bits per heavy atom. The minimum Gasteiger partial charge on any atom is -0.481 e. The normalized spacial score (nSPS) is 20.4. The first kappa shape index (κ1) is 12.4. The SMILES string of the molecule is COc1cc(N2CCN[C@H](C)C2)nc(SC)n1. The van der Waals surface area contributed by atoms with Gasteiger partial charge in [0.25, 0.3) is 0 Å². The van der Waals surface area contributed by atoms with Crippen molar-refractivity contribution in [2.24, 2.45) is 0 Å². The van der Waals surface area contributed by atoms with Crippen LogP contribution < -0.4 is 15.0 Å². The highest BCUT2D eigenvalue weighted by molar-refractivity contribution is 7.98.